The lowest BCUT2D eigenvalue weighted by molar-refractivity contribution is 0.0949. The molecule has 1 amide bonds. The molecular formula is C14H18N2O2. The lowest BCUT2D eigenvalue weighted by Gasteiger charge is -2.34. The topological polar surface area (TPSA) is 41.6 Å². The number of anilines is 1. The second kappa shape index (κ2) is 4.52. The zero-order chi connectivity index (χ0) is 12.5. The van der Waals surface area contributed by atoms with E-state index in [1.165, 1.54) is 11.3 Å². The van der Waals surface area contributed by atoms with Gasteiger partial charge >= 0.3 is 6.09 Å². The summed E-state index contributed by atoms with van der Waals surface area (Å²) in [7, 11) is 0. The van der Waals surface area contributed by atoms with Crippen LogP contribution in [0.5, 0.6) is 0 Å². The Morgan fingerprint density at radius 1 is 1.50 bits per heavy atom. The Hall–Kier alpha value is -1.71. The molecule has 0 saturated carbocycles. The van der Waals surface area contributed by atoms with Gasteiger partial charge in [-0.1, -0.05) is 18.2 Å². The van der Waals surface area contributed by atoms with Gasteiger partial charge in [0.2, 0.25) is 0 Å². The molecule has 0 aromatic heterocycles. The average molecular weight is 246 g/mol. The van der Waals surface area contributed by atoms with Gasteiger partial charge < -0.3 is 15.0 Å². The zero-order valence-electron chi connectivity index (χ0n) is 10.6. The van der Waals surface area contributed by atoms with Gasteiger partial charge in [-0.25, -0.2) is 4.79 Å². The standard InChI is InChI=1S/C14H18N2O2/c1-2-18-14(17)16-8-7-13-11(9-16)10-5-3-4-6-12(10)15-13/h3-6,11,13,15H,2,7-9H2,1H3/t11-,13-/m0/s1. The number of carbonyl (C=O) groups is 1. The van der Waals surface area contributed by atoms with Crippen LogP contribution in [-0.4, -0.2) is 36.7 Å². The molecule has 0 radical (unpaired) electrons. The van der Waals surface area contributed by atoms with Crippen LogP contribution in [0.4, 0.5) is 10.5 Å². The van der Waals surface area contributed by atoms with E-state index in [1.807, 2.05) is 17.9 Å². The van der Waals surface area contributed by atoms with Gasteiger partial charge in [0.05, 0.1) is 6.61 Å². The van der Waals surface area contributed by atoms with Gasteiger partial charge in [-0.05, 0) is 25.0 Å². The van der Waals surface area contributed by atoms with E-state index in [0.717, 1.165) is 19.5 Å². The second-order valence-corrected chi connectivity index (χ2v) is 4.88. The molecule has 1 aromatic carbocycles. The van der Waals surface area contributed by atoms with Crippen molar-refractivity contribution in [3.05, 3.63) is 29.8 Å². The molecule has 1 aromatic rings. The molecule has 18 heavy (non-hydrogen) atoms. The van der Waals surface area contributed by atoms with Gasteiger partial charge in [0.1, 0.15) is 0 Å². The highest BCUT2D eigenvalue weighted by Gasteiger charge is 2.38. The molecule has 2 heterocycles. The van der Waals surface area contributed by atoms with Crippen LogP contribution in [0.1, 0.15) is 24.8 Å². The van der Waals surface area contributed by atoms with Crippen molar-refractivity contribution in [3.8, 4) is 0 Å². The van der Waals surface area contributed by atoms with Crippen molar-refractivity contribution < 1.29 is 9.53 Å². The average Bonchev–Trinajstić information content (AvgIpc) is 2.76. The first-order chi connectivity index (χ1) is 8.79. The maximum atomic E-state index is 11.8. The highest BCUT2D eigenvalue weighted by molar-refractivity contribution is 5.69. The number of piperidine rings is 1. The highest BCUT2D eigenvalue weighted by Crippen LogP contribution is 2.39. The van der Waals surface area contributed by atoms with Gasteiger partial charge in [0.15, 0.2) is 0 Å². The van der Waals surface area contributed by atoms with Crippen molar-refractivity contribution in [2.45, 2.75) is 25.3 Å². The molecule has 0 unspecified atom stereocenters. The van der Waals surface area contributed by atoms with Gasteiger partial charge in [-0.15, -0.1) is 0 Å². The summed E-state index contributed by atoms with van der Waals surface area (Å²) in [6.45, 7) is 3.82. The fourth-order valence-corrected chi connectivity index (χ4v) is 2.97. The first-order valence-electron chi connectivity index (χ1n) is 6.56. The van der Waals surface area contributed by atoms with Crippen molar-refractivity contribution in [2.75, 3.05) is 25.0 Å². The third-order valence-corrected chi connectivity index (χ3v) is 3.84. The van der Waals surface area contributed by atoms with Crippen LogP contribution >= 0.6 is 0 Å². The van der Waals surface area contributed by atoms with Gasteiger partial charge in [0, 0.05) is 30.7 Å². The number of nitrogens with one attached hydrogen (secondary N) is 1. The second-order valence-electron chi connectivity index (χ2n) is 4.88. The predicted octanol–water partition coefficient (Wildman–Crippen LogP) is 2.43. The molecule has 2 aliphatic rings. The van der Waals surface area contributed by atoms with E-state index >= 15 is 0 Å². The number of carbonyl (C=O) groups excluding carboxylic acids is 1. The van der Waals surface area contributed by atoms with Crippen molar-refractivity contribution >= 4 is 11.8 Å². The van der Waals surface area contributed by atoms with Crippen molar-refractivity contribution in [2.24, 2.45) is 0 Å². The zero-order valence-corrected chi connectivity index (χ0v) is 10.6. The third kappa shape index (κ3) is 1.82. The highest BCUT2D eigenvalue weighted by atomic mass is 16.6. The lowest BCUT2D eigenvalue weighted by atomic mass is 9.89. The van der Waals surface area contributed by atoms with E-state index in [9.17, 15) is 4.79 Å². The fraction of sp³-hybridized carbons (Fsp3) is 0.500. The van der Waals surface area contributed by atoms with Crippen LogP contribution in [-0.2, 0) is 4.74 Å². The van der Waals surface area contributed by atoms with Crippen LogP contribution in [0.2, 0.25) is 0 Å². The van der Waals surface area contributed by atoms with E-state index in [2.05, 4.69) is 23.5 Å². The Balaban J connectivity index is 1.77. The van der Waals surface area contributed by atoms with Gasteiger partial charge in [0.25, 0.3) is 0 Å². The Morgan fingerprint density at radius 2 is 2.33 bits per heavy atom. The summed E-state index contributed by atoms with van der Waals surface area (Å²) in [5.41, 5.74) is 2.55. The summed E-state index contributed by atoms with van der Waals surface area (Å²) in [5.74, 6) is 0.402. The molecule has 2 atom stereocenters. The summed E-state index contributed by atoms with van der Waals surface area (Å²) in [5, 5.41) is 3.55. The lowest BCUT2D eigenvalue weighted by Crippen LogP contribution is -2.45. The number of ether oxygens (including phenoxy) is 1. The number of amides is 1. The first-order valence-corrected chi connectivity index (χ1v) is 6.56. The number of fused-ring (bicyclic) bond motifs is 3. The smallest absolute Gasteiger partial charge is 0.409 e. The molecule has 0 aliphatic carbocycles. The molecule has 1 N–H and O–H groups in total. The maximum Gasteiger partial charge on any atom is 0.409 e. The largest absolute Gasteiger partial charge is 0.450 e. The SMILES string of the molecule is CCOC(=O)N1CC[C@@H]2Nc3ccccc3[C@@H]2C1. The Bertz CT molecular complexity index is 461. The van der Waals surface area contributed by atoms with Crippen molar-refractivity contribution in [1.82, 2.24) is 4.90 Å². The number of benzene rings is 1. The van der Waals surface area contributed by atoms with Crippen LogP contribution in [0.15, 0.2) is 24.3 Å². The quantitative estimate of drug-likeness (QED) is 0.827. The number of hydrogen-bond acceptors (Lipinski definition) is 3. The van der Waals surface area contributed by atoms with E-state index < -0.39 is 0 Å². The summed E-state index contributed by atoms with van der Waals surface area (Å²) < 4.78 is 5.08. The minimum Gasteiger partial charge on any atom is -0.450 e. The number of para-hydroxylation sites is 1. The van der Waals surface area contributed by atoms with E-state index in [-0.39, 0.29) is 6.09 Å². The van der Waals surface area contributed by atoms with E-state index in [0.29, 0.717) is 18.6 Å². The monoisotopic (exact) mass is 246 g/mol. The summed E-state index contributed by atoms with van der Waals surface area (Å²) in [6, 6.07) is 8.84. The Kier molecular flexibility index (Phi) is 2.86. The van der Waals surface area contributed by atoms with Crippen LogP contribution in [0.25, 0.3) is 0 Å². The number of rotatable bonds is 1. The molecule has 4 nitrogen and oxygen atoms in total. The molecule has 0 bridgehead atoms. The number of nitrogens with zero attached hydrogens (tertiary/aromatic N) is 1. The van der Waals surface area contributed by atoms with Gasteiger partial charge in [-0.2, -0.15) is 0 Å². The molecule has 3 rings (SSSR count). The minimum atomic E-state index is -0.180. The van der Waals surface area contributed by atoms with Crippen LogP contribution in [0.3, 0.4) is 0 Å². The summed E-state index contributed by atoms with van der Waals surface area (Å²) >= 11 is 0. The minimum absolute atomic E-state index is 0.180. The van der Waals surface area contributed by atoms with E-state index in [1.54, 1.807) is 0 Å². The normalized spacial score (nSPS) is 25.1. The van der Waals surface area contributed by atoms with E-state index in [4.69, 9.17) is 4.74 Å². The van der Waals surface area contributed by atoms with Crippen LogP contribution < -0.4 is 5.32 Å². The molecule has 0 spiro atoms. The third-order valence-electron chi connectivity index (χ3n) is 3.84. The molecule has 96 valence electrons. The predicted molar refractivity (Wildman–Crippen MR) is 69.8 cm³/mol. The number of hydrogen-bond donors (Lipinski definition) is 1. The molecule has 2 aliphatic heterocycles. The first kappa shape index (κ1) is 11.4. The molecule has 1 saturated heterocycles. The molecule has 1 fully saturated rings. The summed E-state index contributed by atoms with van der Waals surface area (Å²) in [6.07, 6.45) is 0.804. The fourth-order valence-electron chi connectivity index (χ4n) is 2.97. The Morgan fingerprint density at radius 3 is 3.17 bits per heavy atom. The summed E-state index contributed by atoms with van der Waals surface area (Å²) in [4.78, 5) is 13.6. The van der Waals surface area contributed by atoms with Crippen molar-refractivity contribution in [3.63, 3.8) is 0 Å². The van der Waals surface area contributed by atoms with Crippen LogP contribution in [0, 0.1) is 0 Å². The molecular weight excluding hydrogens is 228 g/mol. The maximum absolute atomic E-state index is 11.8. The molecule has 4 heteroatoms. The van der Waals surface area contributed by atoms with Gasteiger partial charge in [-0.3, -0.25) is 0 Å². The Labute approximate surface area is 107 Å². The van der Waals surface area contributed by atoms with Crippen molar-refractivity contribution in [1.29, 1.82) is 0 Å². The number of likely N-dealkylation sites (tertiary alicyclic amines) is 1.